The fraction of sp³-hybridized carbons (Fsp3) is 1.00. The number of hydrogen-bond donors (Lipinski definition) is 0. The van der Waals surface area contributed by atoms with E-state index in [1.54, 1.807) is 0 Å². The van der Waals surface area contributed by atoms with Crippen molar-refractivity contribution in [2.75, 3.05) is 13.2 Å². The Kier molecular flexibility index (Phi) is 21.7. The molecule has 20 heavy (non-hydrogen) atoms. The van der Waals surface area contributed by atoms with E-state index in [2.05, 4.69) is 41.5 Å². The first-order valence-electron chi connectivity index (χ1n) is 8.16. The first-order valence-corrected chi connectivity index (χ1v) is 8.16. The van der Waals surface area contributed by atoms with Gasteiger partial charge in [0.25, 0.3) is 0 Å². The molecule has 0 amide bonds. The predicted octanol–water partition coefficient (Wildman–Crippen LogP) is 4.92. The molecule has 1 aliphatic rings. The van der Waals surface area contributed by atoms with E-state index in [0.29, 0.717) is 0 Å². The molecule has 1 saturated heterocycles. The molecule has 2 radical (unpaired) electrons. The molecule has 0 saturated carbocycles. The average Bonchev–Trinajstić information content (AvgIpc) is 2.97. The Bertz CT molecular complexity index is 158. The van der Waals surface area contributed by atoms with Gasteiger partial charge in [-0.25, -0.2) is 0 Å². The maximum absolute atomic E-state index is 4.94. The Balaban J connectivity index is -0.000000348. The Morgan fingerprint density at radius 2 is 1.05 bits per heavy atom. The molecule has 0 aromatic heterocycles. The Hall–Kier alpha value is 1.22. The van der Waals surface area contributed by atoms with Crippen molar-refractivity contribution in [3.63, 3.8) is 0 Å². The van der Waals surface area contributed by atoms with Gasteiger partial charge >= 0.3 is 0 Å². The van der Waals surface area contributed by atoms with Crippen molar-refractivity contribution in [3.8, 4) is 0 Å². The summed E-state index contributed by atoms with van der Waals surface area (Å²) in [6.45, 7) is 17.2. The third-order valence-electron chi connectivity index (χ3n) is 4.73. The maximum atomic E-state index is 4.94. The largest absolute Gasteiger partial charge is 0.381 e. The van der Waals surface area contributed by atoms with Crippen molar-refractivity contribution in [2.24, 2.45) is 0 Å². The van der Waals surface area contributed by atoms with Crippen LogP contribution in [0.1, 0.15) is 73.6 Å². The smallest absolute Gasteiger partial charge is 0.148 e. The summed E-state index contributed by atoms with van der Waals surface area (Å²) in [5.74, 6) is 2.68. The van der Waals surface area contributed by atoms with E-state index in [9.17, 15) is 0 Å². The quantitative estimate of drug-likeness (QED) is 0.621. The first-order chi connectivity index (χ1) is 8.58. The molecule has 3 unspecified atom stereocenters. The van der Waals surface area contributed by atoms with E-state index in [0.717, 1.165) is 37.4 Å². The first kappa shape index (κ1) is 26.1. The Morgan fingerprint density at radius 1 is 0.750 bits per heavy atom. The van der Waals surface area contributed by atoms with E-state index in [1.807, 2.05) is 0 Å². The van der Waals surface area contributed by atoms with Crippen LogP contribution in [0.15, 0.2) is 0 Å². The van der Waals surface area contributed by atoms with Gasteiger partial charge in [0, 0.05) is 50.9 Å². The van der Waals surface area contributed by atoms with Crippen molar-refractivity contribution >= 4 is 44.4 Å². The van der Waals surface area contributed by atoms with Crippen molar-refractivity contribution in [1.29, 1.82) is 0 Å². The summed E-state index contributed by atoms with van der Waals surface area (Å²) < 4.78 is 4.94. The summed E-state index contributed by atoms with van der Waals surface area (Å²) in [6.07, 6.45) is 6.55. The monoisotopic (exact) mass is 268 g/mol. The summed E-state index contributed by atoms with van der Waals surface area (Å²) >= 11 is 0. The molecule has 0 spiro atoms. The van der Waals surface area contributed by atoms with Gasteiger partial charge in [-0.1, -0.05) is 78.3 Å². The summed E-state index contributed by atoms with van der Waals surface area (Å²) in [4.78, 5) is 0. The van der Waals surface area contributed by atoms with Crippen LogP contribution in [-0.4, -0.2) is 57.6 Å². The van der Waals surface area contributed by atoms with Crippen LogP contribution in [0.2, 0.25) is 17.5 Å². The van der Waals surface area contributed by atoms with Crippen molar-refractivity contribution in [1.82, 2.24) is 0 Å². The van der Waals surface area contributed by atoms with Crippen LogP contribution in [0, 0.1) is 0 Å². The van der Waals surface area contributed by atoms with Gasteiger partial charge < -0.3 is 4.74 Å². The van der Waals surface area contributed by atoms with Gasteiger partial charge in [-0.05, 0) is 12.8 Å². The van der Waals surface area contributed by atoms with Crippen LogP contribution in [0.5, 0.6) is 0 Å². The zero-order chi connectivity index (χ0) is 14.0. The zero-order valence-electron chi connectivity index (χ0n) is 15.7. The summed E-state index contributed by atoms with van der Waals surface area (Å²) in [6, 6.07) is 0. The molecule has 4 heteroatoms. The average molecular weight is 268 g/mol. The molecular formula is C16H35BLi2O. The van der Waals surface area contributed by atoms with Crippen LogP contribution in [0.3, 0.4) is 0 Å². The molecule has 0 N–H and O–H groups in total. The molecule has 1 heterocycles. The molecule has 1 nitrogen and oxygen atoms in total. The molecule has 0 aromatic rings. The van der Waals surface area contributed by atoms with E-state index >= 15 is 0 Å². The molecule has 3 atom stereocenters. The van der Waals surface area contributed by atoms with E-state index in [-0.39, 0.29) is 37.7 Å². The number of hydrogen-bond acceptors (Lipinski definition) is 1. The predicted molar refractivity (Wildman–Crippen MR) is 96.5 cm³/mol. The van der Waals surface area contributed by atoms with Crippen molar-refractivity contribution < 1.29 is 4.74 Å². The fourth-order valence-corrected chi connectivity index (χ4v) is 3.01. The Labute approximate surface area is 153 Å². The van der Waals surface area contributed by atoms with Gasteiger partial charge in [-0.3, -0.25) is 0 Å². The summed E-state index contributed by atoms with van der Waals surface area (Å²) in [5, 5.41) is 0. The van der Waals surface area contributed by atoms with Crippen molar-refractivity contribution in [2.45, 2.75) is 91.1 Å². The van der Waals surface area contributed by atoms with Gasteiger partial charge in [-0.2, -0.15) is 0 Å². The van der Waals surface area contributed by atoms with Crippen LogP contribution in [0.4, 0.5) is 0 Å². The van der Waals surface area contributed by atoms with Crippen LogP contribution >= 0.6 is 0 Å². The van der Waals surface area contributed by atoms with E-state index in [1.165, 1.54) is 32.1 Å². The van der Waals surface area contributed by atoms with E-state index in [4.69, 9.17) is 4.74 Å². The standard InChI is InChI=1S/C12H27B.C4H8O.2Li/c1-7-10(4)13(11(5)8-2)12(6)9-3;1-2-4-5-3-1;;/h10-12H,7-9H2,1-6H3;1-4H2;;. The molecule has 1 fully saturated rings. The molecule has 110 valence electrons. The summed E-state index contributed by atoms with van der Waals surface area (Å²) in [5.41, 5.74) is 0. The van der Waals surface area contributed by atoms with Crippen molar-refractivity contribution in [3.05, 3.63) is 0 Å². The minimum Gasteiger partial charge on any atom is -0.381 e. The van der Waals surface area contributed by atoms with Crippen LogP contribution < -0.4 is 0 Å². The summed E-state index contributed by atoms with van der Waals surface area (Å²) in [7, 11) is 0. The third kappa shape index (κ3) is 10.9. The van der Waals surface area contributed by atoms with Gasteiger partial charge in [0.2, 0.25) is 0 Å². The third-order valence-corrected chi connectivity index (χ3v) is 4.73. The number of rotatable bonds is 6. The maximum Gasteiger partial charge on any atom is 0.148 e. The van der Waals surface area contributed by atoms with Crippen LogP contribution in [-0.2, 0) is 4.74 Å². The normalized spacial score (nSPS) is 17.7. The van der Waals surface area contributed by atoms with Crippen LogP contribution in [0.25, 0.3) is 0 Å². The van der Waals surface area contributed by atoms with Gasteiger partial charge in [0.15, 0.2) is 0 Å². The fourth-order valence-electron chi connectivity index (χ4n) is 3.01. The molecule has 0 aromatic carbocycles. The number of ether oxygens (including phenoxy) is 1. The molecule has 0 bridgehead atoms. The Morgan fingerprint density at radius 3 is 1.20 bits per heavy atom. The van der Waals surface area contributed by atoms with Gasteiger partial charge in [-0.15, -0.1) is 0 Å². The molecular weight excluding hydrogens is 233 g/mol. The van der Waals surface area contributed by atoms with Gasteiger partial charge in [0.05, 0.1) is 0 Å². The second-order valence-corrected chi connectivity index (χ2v) is 6.05. The second-order valence-electron chi connectivity index (χ2n) is 6.05. The minimum absolute atomic E-state index is 0. The molecule has 0 aliphatic carbocycles. The van der Waals surface area contributed by atoms with Gasteiger partial charge in [0.1, 0.15) is 6.71 Å². The SMILES string of the molecule is C1CCOC1.CCC(C)B(C(C)CC)C(C)CC.[Li].[Li]. The zero-order valence-corrected chi connectivity index (χ0v) is 15.7. The minimum atomic E-state index is 0. The molecule has 1 rings (SSSR count). The molecule has 1 aliphatic heterocycles. The van der Waals surface area contributed by atoms with E-state index < -0.39 is 0 Å². The second kappa shape index (κ2) is 16.6. The topological polar surface area (TPSA) is 9.23 Å².